The number of likely N-dealkylation sites (tertiary alicyclic amines) is 1. The molecule has 3 saturated heterocycles. The van der Waals surface area contributed by atoms with Crippen molar-refractivity contribution in [1.29, 1.82) is 0 Å². The van der Waals surface area contributed by atoms with Crippen LogP contribution >= 0.6 is 0 Å². The molecule has 160 valence electrons. The summed E-state index contributed by atoms with van der Waals surface area (Å²) in [6, 6.07) is 0. The Hall–Kier alpha value is -1.34. The number of piperazine rings is 1. The second-order valence-electron chi connectivity index (χ2n) is 9.56. The maximum absolute atomic E-state index is 12.7. The Bertz CT molecular complexity index is 526. The Balaban J connectivity index is 1.35. The lowest BCUT2D eigenvalue weighted by molar-refractivity contribution is -0.137. The smallest absolute Gasteiger partial charge is 0.410 e. The predicted octanol–water partition coefficient (Wildman–Crippen LogP) is 1.78. The third-order valence-corrected chi connectivity index (χ3v) is 6.15. The van der Waals surface area contributed by atoms with Gasteiger partial charge in [-0.05, 0) is 65.5 Å². The Morgan fingerprint density at radius 1 is 0.893 bits per heavy atom. The molecule has 0 spiro atoms. The first-order chi connectivity index (χ1) is 13.3. The number of rotatable bonds is 3. The standard InChI is InChI=1S/C21H38N4O3/c1-21(2,3)28-20(27)25-14-12-23(13-15-25)16-17-6-10-24(11-7-17)19(26)18-4-8-22-9-5-18/h17-18,22H,4-16H2,1-3H3. The number of nitrogens with zero attached hydrogens (tertiary/aromatic N) is 3. The van der Waals surface area contributed by atoms with Crippen LogP contribution in [0.4, 0.5) is 4.79 Å². The minimum absolute atomic E-state index is 0.197. The van der Waals surface area contributed by atoms with E-state index in [2.05, 4.69) is 15.1 Å². The molecular formula is C21H38N4O3. The maximum Gasteiger partial charge on any atom is 0.410 e. The van der Waals surface area contributed by atoms with Gasteiger partial charge in [0.1, 0.15) is 5.60 Å². The van der Waals surface area contributed by atoms with Gasteiger partial charge in [-0.3, -0.25) is 9.69 Å². The number of hydrogen-bond donors (Lipinski definition) is 1. The minimum Gasteiger partial charge on any atom is -0.444 e. The topological polar surface area (TPSA) is 65.1 Å². The summed E-state index contributed by atoms with van der Waals surface area (Å²) in [4.78, 5) is 31.3. The van der Waals surface area contributed by atoms with Crippen molar-refractivity contribution in [3.63, 3.8) is 0 Å². The molecule has 2 amide bonds. The molecule has 7 nitrogen and oxygen atoms in total. The van der Waals surface area contributed by atoms with Crippen molar-refractivity contribution in [2.75, 3.05) is 58.9 Å². The molecule has 0 saturated carbocycles. The van der Waals surface area contributed by atoms with Crippen LogP contribution < -0.4 is 5.32 Å². The van der Waals surface area contributed by atoms with Crippen LogP contribution in [0.1, 0.15) is 46.5 Å². The van der Waals surface area contributed by atoms with Crippen LogP contribution in [0, 0.1) is 11.8 Å². The van der Waals surface area contributed by atoms with Crippen LogP contribution in [-0.2, 0) is 9.53 Å². The summed E-state index contributed by atoms with van der Waals surface area (Å²) in [7, 11) is 0. The first-order valence-corrected chi connectivity index (χ1v) is 11.0. The average Bonchev–Trinajstić information content (AvgIpc) is 2.68. The van der Waals surface area contributed by atoms with Crippen LogP contribution in [0.3, 0.4) is 0 Å². The van der Waals surface area contributed by atoms with Crippen LogP contribution in [0.2, 0.25) is 0 Å². The van der Waals surface area contributed by atoms with Crippen molar-refractivity contribution in [2.45, 2.75) is 52.1 Å². The zero-order valence-electron chi connectivity index (χ0n) is 17.9. The van der Waals surface area contributed by atoms with E-state index in [0.29, 0.717) is 11.8 Å². The first kappa shape index (κ1) is 21.4. The number of carbonyl (C=O) groups excluding carboxylic acids is 2. The molecule has 1 N–H and O–H groups in total. The van der Waals surface area contributed by atoms with Gasteiger partial charge in [0.2, 0.25) is 5.91 Å². The van der Waals surface area contributed by atoms with Crippen molar-refractivity contribution in [3.05, 3.63) is 0 Å². The van der Waals surface area contributed by atoms with Gasteiger partial charge < -0.3 is 19.9 Å². The van der Waals surface area contributed by atoms with E-state index in [-0.39, 0.29) is 12.0 Å². The zero-order valence-corrected chi connectivity index (χ0v) is 17.9. The fourth-order valence-electron chi connectivity index (χ4n) is 4.47. The van der Waals surface area contributed by atoms with E-state index >= 15 is 0 Å². The van der Waals surface area contributed by atoms with Gasteiger partial charge in [0.05, 0.1) is 0 Å². The van der Waals surface area contributed by atoms with Crippen molar-refractivity contribution in [3.8, 4) is 0 Å². The molecule has 0 aromatic rings. The Morgan fingerprint density at radius 2 is 1.50 bits per heavy atom. The van der Waals surface area contributed by atoms with Crippen LogP contribution in [-0.4, -0.2) is 91.2 Å². The van der Waals surface area contributed by atoms with Gasteiger partial charge in [-0.2, -0.15) is 0 Å². The van der Waals surface area contributed by atoms with Gasteiger partial charge in [0.15, 0.2) is 0 Å². The van der Waals surface area contributed by atoms with E-state index in [1.54, 1.807) is 0 Å². The highest BCUT2D eigenvalue weighted by atomic mass is 16.6. The summed E-state index contributed by atoms with van der Waals surface area (Å²) in [6.45, 7) is 13.9. The van der Waals surface area contributed by atoms with Crippen LogP contribution in [0.15, 0.2) is 0 Å². The summed E-state index contributed by atoms with van der Waals surface area (Å²) < 4.78 is 5.47. The highest BCUT2D eigenvalue weighted by molar-refractivity contribution is 5.79. The van der Waals surface area contributed by atoms with E-state index in [1.165, 1.54) is 0 Å². The highest BCUT2D eigenvalue weighted by Gasteiger charge is 2.31. The minimum atomic E-state index is -0.437. The van der Waals surface area contributed by atoms with Crippen LogP contribution in [0.25, 0.3) is 0 Å². The first-order valence-electron chi connectivity index (χ1n) is 11.0. The second-order valence-corrected chi connectivity index (χ2v) is 9.56. The molecule has 3 aliphatic rings. The lowest BCUT2D eigenvalue weighted by Gasteiger charge is -2.39. The van der Waals surface area contributed by atoms with Gasteiger partial charge in [0.25, 0.3) is 0 Å². The van der Waals surface area contributed by atoms with Crippen LogP contribution in [0.5, 0.6) is 0 Å². The third-order valence-electron chi connectivity index (χ3n) is 6.15. The van der Waals surface area contributed by atoms with E-state index < -0.39 is 5.60 Å². The molecule has 3 fully saturated rings. The zero-order chi connectivity index (χ0) is 20.1. The number of hydrogen-bond acceptors (Lipinski definition) is 5. The number of ether oxygens (including phenoxy) is 1. The third kappa shape index (κ3) is 6.08. The summed E-state index contributed by atoms with van der Waals surface area (Å²) >= 11 is 0. The lowest BCUT2D eigenvalue weighted by atomic mass is 9.92. The van der Waals surface area contributed by atoms with Crippen molar-refractivity contribution >= 4 is 12.0 Å². The molecule has 0 bridgehead atoms. The van der Waals surface area contributed by atoms with Gasteiger partial charge >= 0.3 is 6.09 Å². The molecule has 0 atom stereocenters. The molecule has 7 heteroatoms. The summed E-state index contributed by atoms with van der Waals surface area (Å²) in [5.41, 5.74) is -0.437. The largest absolute Gasteiger partial charge is 0.444 e. The molecular weight excluding hydrogens is 356 g/mol. The Labute approximate surface area is 169 Å². The van der Waals surface area contributed by atoms with Gasteiger partial charge in [0, 0.05) is 51.7 Å². The van der Waals surface area contributed by atoms with E-state index in [1.807, 2.05) is 25.7 Å². The normalized spacial score (nSPS) is 23.7. The van der Waals surface area contributed by atoms with Gasteiger partial charge in [-0.1, -0.05) is 0 Å². The summed E-state index contributed by atoms with van der Waals surface area (Å²) in [6.07, 6.45) is 3.98. The SMILES string of the molecule is CC(C)(C)OC(=O)N1CCN(CC2CCN(C(=O)C3CCNCC3)CC2)CC1. The predicted molar refractivity (Wildman–Crippen MR) is 109 cm³/mol. The number of nitrogens with one attached hydrogen (secondary N) is 1. The second kappa shape index (κ2) is 9.44. The van der Waals surface area contributed by atoms with Crippen molar-refractivity contribution < 1.29 is 14.3 Å². The van der Waals surface area contributed by atoms with E-state index in [0.717, 1.165) is 84.6 Å². The number of amides is 2. The van der Waals surface area contributed by atoms with Crippen molar-refractivity contribution in [1.82, 2.24) is 20.0 Å². The molecule has 3 aliphatic heterocycles. The highest BCUT2D eigenvalue weighted by Crippen LogP contribution is 2.23. The molecule has 0 unspecified atom stereocenters. The fraction of sp³-hybridized carbons (Fsp3) is 0.905. The summed E-state index contributed by atoms with van der Waals surface area (Å²) in [5, 5.41) is 3.34. The van der Waals surface area contributed by atoms with Gasteiger partial charge in [-0.15, -0.1) is 0 Å². The molecule has 0 aliphatic carbocycles. The van der Waals surface area contributed by atoms with Crippen molar-refractivity contribution in [2.24, 2.45) is 11.8 Å². The molecule has 0 aromatic carbocycles. The number of piperidine rings is 2. The monoisotopic (exact) mass is 394 g/mol. The van der Waals surface area contributed by atoms with E-state index in [4.69, 9.17) is 4.74 Å². The lowest BCUT2D eigenvalue weighted by Crippen LogP contribution is -2.52. The molecule has 3 heterocycles. The fourth-order valence-corrected chi connectivity index (χ4v) is 4.47. The Morgan fingerprint density at radius 3 is 2.07 bits per heavy atom. The molecule has 0 aromatic heterocycles. The van der Waals surface area contributed by atoms with E-state index in [9.17, 15) is 9.59 Å². The summed E-state index contributed by atoms with van der Waals surface area (Å²) in [5.74, 6) is 1.27. The average molecular weight is 395 g/mol. The quantitative estimate of drug-likeness (QED) is 0.790. The molecule has 0 radical (unpaired) electrons. The maximum atomic E-state index is 12.7. The molecule has 3 rings (SSSR count). The Kier molecular flexibility index (Phi) is 7.20. The number of carbonyl (C=O) groups is 2. The molecule has 28 heavy (non-hydrogen) atoms. The van der Waals surface area contributed by atoms with Gasteiger partial charge in [-0.25, -0.2) is 4.79 Å².